The van der Waals surface area contributed by atoms with Gasteiger partial charge in [-0.2, -0.15) is 5.26 Å². The molecule has 3 rings (SSSR count). The molecule has 0 fully saturated rings. The minimum absolute atomic E-state index is 0.199. The molecule has 1 heterocycles. The van der Waals surface area contributed by atoms with E-state index in [1.165, 1.54) is 11.9 Å². The second-order valence-electron chi connectivity index (χ2n) is 4.43. The van der Waals surface area contributed by atoms with Crippen LogP contribution in [0, 0.1) is 11.3 Å². The fourth-order valence-corrected chi connectivity index (χ4v) is 2.77. The molecule has 0 unspecified atom stereocenters. The number of nitriles is 1. The number of allylic oxidation sites excluding steroid dienone is 1. The third kappa shape index (κ3) is 2.64. The van der Waals surface area contributed by atoms with E-state index in [4.69, 9.17) is 0 Å². The first-order valence-corrected chi connectivity index (χ1v) is 7.13. The number of carbonyl (C=O) groups excluding carboxylic acids is 1. The summed E-state index contributed by atoms with van der Waals surface area (Å²) in [5.41, 5.74) is 1.92. The van der Waals surface area contributed by atoms with Gasteiger partial charge in [0.1, 0.15) is 11.8 Å². The molecule has 0 amide bonds. The van der Waals surface area contributed by atoms with Crippen LogP contribution in [0.2, 0.25) is 0 Å². The molecular formula is C17H10N2OS. The summed E-state index contributed by atoms with van der Waals surface area (Å²) in [6.45, 7) is 0. The molecule has 0 atom stereocenters. The third-order valence-corrected chi connectivity index (χ3v) is 3.92. The zero-order chi connectivity index (χ0) is 14.7. The van der Waals surface area contributed by atoms with Crippen molar-refractivity contribution in [2.45, 2.75) is 4.90 Å². The number of hydrogen-bond donors (Lipinski definition) is 0. The second-order valence-corrected chi connectivity index (χ2v) is 5.24. The molecule has 1 aliphatic rings. The Labute approximate surface area is 126 Å². The van der Waals surface area contributed by atoms with E-state index in [0.717, 1.165) is 10.5 Å². The van der Waals surface area contributed by atoms with E-state index >= 15 is 0 Å². The molecule has 0 saturated heterocycles. The summed E-state index contributed by atoms with van der Waals surface area (Å²) < 4.78 is 4.29. The maximum atomic E-state index is 12.5. The highest BCUT2D eigenvalue weighted by molar-refractivity contribution is 7.98. The van der Waals surface area contributed by atoms with Gasteiger partial charge in [-0.05, 0) is 17.7 Å². The van der Waals surface area contributed by atoms with Gasteiger partial charge in [-0.25, -0.2) is 4.40 Å². The van der Waals surface area contributed by atoms with Gasteiger partial charge in [-0.3, -0.25) is 4.79 Å². The van der Waals surface area contributed by atoms with Gasteiger partial charge in [-0.15, -0.1) is 0 Å². The van der Waals surface area contributed by atoms with Crippen molar-refractivity contribution in [1.29, 1.82) is 5.26 Å². The Balaban J connectivity index is 2.06. The minimum atomic E-state index is -0.233. The maximum absolute atomic E-state index is 12.5. The number of nitrogens with zero attached hydrogens (tertiary/aromatic N) is 2. The van der Waals surface area contributed by atoms with Gasteiger partial charge >= 0.3 is 0 Å². The van der Waals surface area contributed by atoms with Gasteiger partial charge in [-0.1, -0.05) is 48.5 Å². The number of Topliss-reactive ketones (excluding diaryl/α,β-unsaturated/α-hetero) is 1. The monoisotopic (exact) mass is 290 g/mol. The van der Waals surface area contributed by atoms with Crippen molar-refractivity contribution in [3.8, 4) is 6.07 Å². The van der Waals surface area contributed by atoms with Crippen molar-refractivity contribution in [3.05, 3.63) is 71.3 Å². The summed E-state index contributed by atoms with van der Waals surface area (Å²) in [6, 6.07) is 18.6. The average molecular weight is 290 g/mol. The molecule has 2 aromatic rings. The fourth-order valence-electron chi connectivity index (χ4n) is 2.03. The first-order valence-electron chi connectivity index (χ1n) is 6.35. The predicted octanol–water partition coefficient (Wildman–Crippen LogP) is 3.94. The SMILES string of the molecule is N#CC1=Cc2ccccc2SN=C1C(=O)c1ccccc1. The van der Waals surface area contributed by atoms with Gasteiger partial charge in [0.25, 0.3) is 0 Å². The average Bonchev–Trinajstić information content (AvgIpc) is 2.74. The molecule has 0 aromatic heterocycles. The molecule has 0 N–H and O–H groups in total. The molecular weight excluding hydrogens is 280 g/mol. The van der Waals surface area contributed by atoms with Crippen molar-refractivity contribution in [1.82, 2.24) is 0 Å². The summed E-state index contributed by atoms with van der Waals surface area (Å²) in [5.74, 6) is -0.233. The van der Waals surface area contributed by atoms with Gasteiger partial charge in [0.2, 0.25) is 5.78 Å². The molecule has 4 heteroatoms. The minimum Gasteiger partial charge on any atom is -0.287 e. The molecule has 0 bridgehead atoms. The quantitative estimate of drug-likeness (QED) is 0.622. The van der Waals surface area contributed by atoms with Crippen molar-refractivity contribution in [3.63, 3.8) is 0 Å². The van der Waals surface area contributed by atoms with Gasteiger partial charge in [0, 0.05) is 22.4 Å². The number of carbonyl (C=O) groups is 1. The van der Waals surface area contributed by atoms with Crippen LogP contribution < -0.4 is 0 Å². The van der Waals surface area contributed by atoms with E-state index < -0.39 is 0 Å². The van der Waals surface area contributed by atoms with Crippen molar-refractivity contribution in [2.75, 3.05) is 0 Å². The van der Waals surface area contributed by atoms with E-state index in [2.05, 4.69) is 10.5 Å². The van der Waals surface area contributed by atoms with Crippen LogP contribution in [0.25, 0.3) is 6.08 Å². The Morgan fingerprint density at radius 1 is 1.05 bits per heavy atom. The highest BCUT2D eigenvalue weighted by Crippen LogP contribution is 2.30. The number of fused-ring (bicyclic) bond motifs is 1. The lowest BCUT2D eigenvalue weighted by Gasteiger charge is -2.02. The third-order valence-electron chi connectivity index (χ3n) is 3.08. The normalized spacial score (nSPS) is 13.3. The standard InChI is InChI=1S/C17H10N2OS/c18-11-14-10-13-8-4-5-9-15(13)21-19-16(14)17(20)12-6-2-1-3-7-12/h1-10H. The molecule has 21 heavy (non-hydrogen) atoms. The zero-order valence-electron chi connectivity index (χ0n) is 11.0. The Bertz CT molecular complexity index is 801. The maximum Gasteiger partial charge on any atom is 0.213 e. The Morgan fingerprint density at radius 3 is 2.52 bits per heavy atom. The number of ketones is 1. The van der Waals surface area contributed by atoms with Crippen molar-refractivity contribution < 1.29 is 4.79 Å². The topological polar surface area (TPSA) is 53.2 Å². The summed E-state index contributed by atoms with van der Waals surface area (Å²) in [7, 11) is 0. The number of hydrogen-bond acceptors (Lipinski definition) is 4. The molecule has 0 spiro atoms. The van der Waals surface area contributed by atoms with Crippen LogP contribution >= 0.6 is 11.9 Å². The van der Waals surface area contributed by atoms with E-state index in [1.807, 2.05) is 30.3 Å². The van der Waals surface area contributed by atoms with Crippen LogP contribution in [0.5, 0.6) is 0 Å². The number of rotatable bonds is 2. The molecule has 100 valence electrons. The van der Waals surface area contributed by atoms with Gasteiger partial charge < -0.3 is 0 Å². The second kappa shape index (κ2) is 5.78. The van der Waals surface area contributed by atoms with Crippen LogP contribution in [0.4, 0.5) is 0 Å². The lowest BCUT2D eigenvalue weighted by Crippen LogP contribution is -2.15. The molecule has 0 aliphatic carbocycles. The highest BCUT2D eigenvalue weighted by atomic mass is 32.2. The van der Waals surface area contributed by atoms with Crippen molar-refractivity contribution in [2.24, 2.45) is 4.40 Å². The van der Waals surface area contributed by atoms with E-state index in [-0.39, 0.29) is 11.5 Å². The lowest BCUT2D eigenvalue weighted by atomic mass is 10.00. The Morgan fingerprint density at radius 2 is 1.76 bits per heavy atom. The predicted molar refractivity (Wildman–Crippen MR) is 84.1 cm³/mol. The molecule has 3 nitrogen and oxygen atoms in total. The molecule has 0 saturated carbocycles. The molecule has 2 aromatic carbocycles. The Hall–Kier alpha value is -2.64. The molecule has 0 radical (unpaired) electrons. The first kappa shape index (κ1) is 13.3. The van der Waals surface area contributed by atoms with Crippen LogP contribution in [0.15, 0.2) is 69.5 Å². The van der Waals surface area contributed by atoms with Crippen LogP contribution in [-0.4, -0.2) is 11.5 Å². The largest absolute Gasteiger partial charge is 0.287 e. The van der Waals surface area contributed by atoms with E-state index in [9.17, 15) is 10.1 Å². The first-order chi connectivity index (χ1) is 10.3. The smallest absolute Gasteiger partial charge is 0.213 e. The number of benzene rings is 2. The summed E-state index contributed by atoms with van der Waals surface area (Å²) in [6.07, 6.45) is 1.72. The fraction of sp³-hybridized carbons (Fsp3) is 0. The molecule has 1 aliphatic heterocycles. The van der Waals surface area contributed by atoms with Crippen LogP contribution in [0.1, 0.15) is 15.9 Å². The van der Waals surface area contributed by atoms with E-state index in [0.29, 0.717) is 11.1 Å². The summed E-state index contributed by atoms with van der Waals surface area (Å²) in [4.78, 5) is 13.5. The summed E-state index contributed by atoms with van der Waals surface area (Å²) in [5, 5.41) is 9.35. The Kier molecular flexibility index (Phi) is 3.67. The lowest BCUT2D eigenvalue weighted by molar-refractivity contribution is 0.106. The highest BCUT2D eigenvalue weighted by Gasteiger charge is 2.21. The van der Waals surface area contributed by atoms with Gasteiger partial charge in [0.05, 0.1) is 5.57 Å². The zero-order valence-corrected chi connectivity index (χ0v) is 11.8. The van der Waals surface area contributed by atoms with Crippen molar-refractivity contribution >= 4 is 29.5 Å². The van der Waals surface area contributed by atoms with E-state index in [1.54, 1.807) is 30.3 Å². The van der Waals surface area contributed by atoms with Crippen LogP contribution in [0.3, 0.4) is 0 Å². The summed E-state index contributed by atoms with van der Waals surface area (Å²) >= 11 is 1.22. The van der Waals surface area contributed by atoms with Gasteiger partial charge in [0.15, 0.2) is 0 Å². The van der Waals surface area contributed by atoms with Crippen LogP contribution in [-0.2, 0) is 0 Å².